The van der Waals surface area contributed by atoms with Gasteiger partial charge in [-0.15, -0.1) is 0 Å². The zero-order valence-corrected chi connectivity index (χ0v) is 12.1. The Labute approximate surface area is 122 Å². The van der Waals surface area contributed by atoms with Crippen molar-refractivity contribution >= 4 is 10.0 Å². The summed E-state index contributed by atoms with van der Waals surface area (Å²) in [5, 5.41) is 3.23. The molecule has 0 bridgehead atoms. The van der Waals surface area contributed by atoms with Gasteiger partial charge in [-0.3, -0.25) is 0 Å². The Morgan fingerprint density at radius 2 is 1.86 bits per heavy atom. The summed E-state index contributed by atoms with van der Waals surface area (Å²) in [5.74, 6) is 0.745. The number of hydrogen-bond acceptors (Lipinski definition) is 6. The maximum atomic E-state index is 12.7. The minimum absolute atomic E-state index is 0.154. The number of nitrogens with one attached hydrogen (secondary N) is 1. The van der Waals surface area contributed by atoms with Gasteiger partial charge >= 0.3 is 0 Å². The van der Waals surface area contributed by atoms with Crippen LogP contribution in [-0.4, -0.2) is 57.1 Å². The van der Waals surface area contributed by atoms with E-state index in [1.165, 1.54) is 27.7 Å². The quantitative estimate of drug-likeness (QED) is 0.759. The van der Waals surface area contributed by atoms with Crippen molar-refractivity contribution in [1.82, 2.24) is 14.6 Å². The molecule has 0 amide bonds. The number of hydrogen-bond donors (Lipinski definition) is 1. The fraction of sp³-hybridized carbons (Fsp3) is 0.462. The van der Waals surface area contributed by atoms with Crippen molar-refractivity contribution in [3.05, 3.63) is 23.4 Å². The Hall–Kier alpha value is -1.64. The average molecular weight is 309 g/mol. The van der Waals surface area contributed by atoms with E-state index in [1.807, 2.05) is 0 Å². The van der Waals surface area contributed by atoms with Gasteiger partial charge in [-0.1, -0.05) is 0 Å². The number of aromatic nitrogens is 1. The molecule has 0 fully saturated rings. The lowest BCUT2D eigenvalue weighted by Gasteiger charge is -2.20. The summed E-state index contributed by atoms with van der Waals surface area (Å²) < 4.78 is 37.6. The van der Waals surface area contributed by atoms with Crippen LogP contribution in [0.3, 0.4) is 0 Å². The maximum Gasteiger partial charge on any atom is 0.257 e. The van der Waals surface area contributed by atoms with Gasteiger partial charge in [-0.05, 0) is 11.1 Å². The van der Waals surface area contributed by atoms with Crippen LogP contribution in [-0.2, 0) is 10.0 Å². The molecule has 7 nitrogen and oxygen atoms in total. The molecule has 3 aliphatic heterocycles. The molecular formula is C13H15N3O4S. The van der Waals surface area contributed by atoms with Gasteiger partial charge in [-0.2, -0.15) is 4.31 Å². The van der Waals surface area contributed by atoms with E-state index in [0.29, 0.717) is 37.9 Å². The molecule has 1 N–H and O–H groups in total. The summed E-state index contributed by atoms with van der Waals surface area (Å²) >= 11 is 0. The van der Waals surface area contributed by atoms with Crippen LogP contribution in [0.5, 0.6) is 11.6 Å². The van der Waals surface area contributed by atoms with Gasteiger partial charge < -0.3 is 14.8 Å². The Bertz CT molecular complexity index is 713. The Balaban J connectivity index is 1.63. The highest BCUT2D eigenvalue weighted by Gasteiger charge is 2.34. The third kappa shape index (κ3) is 2.10. The number of fused-ring (bicyclic) bond motifs is 1. The van der Waals surface area contributed by atoms with Gasteiger partial charge in [-0.25, -0.2) is 13.4 Å². The van der Waals surface area contributed by atoms with Crippen molar-refractivity contribution in [2.24, 2.45) is 0 Å². The fourth-order valence-corrected chi connectivity index (χ4v) is 4.20. The molecule has 21 heavy (non-hydrogen) atoms. The van der Waals surface area contributed by atoms with Crippen LogP contribution in [0.1, 0.15) is 0 Å². The van der Waals surface area contributed by atoms with Crippen LogP contribution < -0.4 is 14.8 Å². The number of nitrogens with zero attached hydrogens (tertiary/aromatic N) is 2. The number of sulfonamides is 1. The van der Waals surface area contributed by atoms with E-state index in [9.17, 15) is 8.42 Å². The van der Waals surface area contributed by atoms with E-state index in [-0.39, 0.29) is 4.90 Å². The summed E-state index contributed by atoms with van der Waals surface area (Å²) in [6, 6.07) is 1.50. The van der Waals surface area contributed by atoms with Gasteiger partial charge in [0.15, 0.2) is 5.75 Å². The van der Waals surface area contributed by atoms with Crippen molar-refractivity contribution in [1.29, 1.82) is 0 Å². The first-order chi connectivity index (χ1) is 10.1. The molecule has 0 saturated carbocycles. The lowest BCUT2D eigenvalue weighted by Crippen LogP contribution is -2.32. The van der Waals surface area contributed by atoms with Gasteiger partial charge in [0.25, 0.3) is 5.88 Å². The van der Waals surface area contributed by atoms with Crippen molar-refractivity contribution in [2.75, 3.05) is 39.4 Å². The van der Waals surface area contributed by atoms with E-state index in [4.69, 9.17) is 9.47 Å². The van der Waals surface area contributed by atoms with E-state index in [0.717, 1.165) is 13.1 Å². The molecular weight excluding hydrogens is 294 g/mol. The second-order valence-corrected chi connectivity index (χ2v) is 7.19. The Kier molecular flexibility index (Phi) is 2.91. The first kappa shape index (κ1) is 13.1. The molecule has 0 radical (unpaired) electrons. The number of pyridine rings is 1. The third-order valence-corrected chi connectivity index (χ3v) is 5.68. The molecule has 0 spiro atoms. The summed E-state index contributed by atoms with van der Waals surface area (Å²) in [7, 11) is -3.55. The number of rotatable bonds is 2. The lowest BCUT2D eigenvalue weighted by molar-refractivity contribution is 0.163. The highest BCUT2D eigenvalue weighted by Crippen LogP contribution is 2.32. The smallest absolute Gasteiger partial charge is 0.257 e. The monoisotopic (exact) mass is 309 g/mol. The fourth-order valence-electron chi connectivity index (χ4n) is 2.81. The van der Waals surface area contributed by atoms with Gasteiger partial charge in [0.05, 0.1) is 6.20 Å². The molecule has 1 aromatic heterocycles. The van der Waals surface area contributed by atoms with Crippen LogP contribution in [0.15, 0.2) is 28.3 Å². The van der Waals surface area contributed by atoms with Crippen LogP contribution in [0, 0.1) is 0 Å². The third-order valence-electron chi connectivity index (χ3n) is 3.92. The zero-order chi connectivity index (χ0) is 14.4. The first-order valence-corrected chi connectivity index (χ1v) is 8.25. The van der Waals surface area contributed by atoms with Crippen LogP contribution in [0.4, 0.5) is 0 Å². The second kappa shape index (κ2) is 4.69. The molecule has 1 aromatic rings. The minimum atomic E-state index is -3.55. The maximum absolute atomic E-state index is 12.7. The van der Waals surface area contributed by atoms with Gasteiger partial charge in [0.2, 0.25) is 10.0 Å². The topological polar surface area (TPSA) is 80.8 Å². The van der Waals surface area contributed by atoms with Crippen LogP contribution >= 0.6 is 0 Å². The molecule has 0 unspecified atom stereocenters. The first-order valence-electron chi connectivity index (χ1n) is 6.81. The molecule has 4 rings (SSSR count). The van der Waals surface area contributed by atoms with Crippen molar-refractivity contribution in [2.45, 2.75) is 4.90 Å². The van der Waals surface area contributed by atoms with Crippen molar-refractivity contribution in [3.8, 4) is 11.6 Å². The molecule has 4 heterocycles. The summed E-state index contributed by atoms with van der Waals surface area (Å²) in [5.41, 5.74) is 2.37. The predicted octanol–water partition coefficient (Wildman–Crippen LogP) is -0.243. The Morgan fingerprint density at radius 1 is 1.14 bits per heavy atom. The predicted molar refractivity (Wildman–Crippen MR) is 73.9 cm³/mol. The van der Waals surface area contributed by atoms with Crippen LogP contribution in [0.2, 0.25) is 0 Å². The van der Waals surface area contributed by atoms with E-state index < -0.39 is 10.0 Å². The zero-order valence-electron chi connectivity index (χ0n) is 11.3. The number of ether oxygens (including phenoxy) is 2. The van der Waals surface area contributed by atoms with E-state index in [2.05, 4.69) is 10.3 Å². The summed E-state index contributed by atoms with van der Waals surface area (Å²) in [6.45, 7) is 3.31. The van der Waals surface area contributed by atoms with Crippen LogP contribution in [0.25, 0.3) is 0 Å². The molecule has 8 heteroatoms. The lowest BCUT2D eigenvalue weighted by atomic mass is 10.2. The molecule has 3 aliphatic rings. The molecule has 0 aliphatic carbocycles. The normalized spacial score (nSPS) is 21.7. The second-order valence-electron chi connectivity index (χ2n) is 5.25. The van der Waals surface area contributed by atoms with Gasteiger partial charge in [0.1, 0.15) is 18.1 Å². The largest absolute Gasteiger partial charge is 0.484 e. The average Bonchev–Trinajstić information content (AvgIpc) is 3.08. The molecule has 0 aromatic carbocycles. The minimum Gasteiger partial charge on any atom is -0.484 e. The summed E-state index contributed by atoms with van der Waals surface area (Å²) in [4.78, 5) is 4.20. The highest BCUT2D eigenvalue weighted by molar-refractivity contribution is 7.89. The Morgan fingerprint density at radius 3 is 2.62 bits per heavy atom. The molecule has 0 saturated heterocycles. The highest BCUT2D eigenvalue weighted by atomic mass is 32.2. The van der Waals surface area contributed by atoms with Crippen molar-refractivity contribution < 1.29 is 17.9 Å². The molecule has 112 valence electrons. The van der Waals surface area contributed by atoms with Gasteiger partial charge in [0, 0.05) is 32.2 Å². The van der Waals surface area contributed by atoms with E-state index >= 15 is 0 Å². The van der Waals surface area contributed by atoms with Crippen molar-refractivity contribution in [3.63, 3.8) is 0 Å². The summed E-state index contributed by atoms with van der Waals surface area (Å²) in [6.07, 6.45) is 1.34. The molecule has 0 atom stereocenters. The van der Waals surface area contributed by atoms with E-state index in [1.54, 1.807) is 0 Å². The standard InChI is InChI=1S/C13H15N3O4S/c17-21(18,16-7-9-4-14-5-10(9)8-16)11-3-12-13(15-6-11)20-2-1-19-12/h3,6,14H,1-2,4-5,7-8H2. The SMILES string of the molecule is O=S(=O)(c1cnc2c(c1)OCCO2)N1CC2=C(CNC2)C1.